The lowest BCUT2D eigenvalue weighted by atomic mass is 10.0. The van der Waals surface area contributed by atoms with Gasteiger partial charge in [-0.1, -0.05) is 0 Å². The first kappa shape index (κ1) is 20.8. The zero-order valence-corrected chi connectivity index (χ0v) is 20.0. The molecule has 0 unspecified atom stereocenters. The Morgan fingerprint density at radius 2 is 1.85 bits per heavy atom. The van der Waals surface area contributed by atoms with Crippen LogP contribution in [0.25, 0.3) is 5.65 Å². The number of hydrogen-bond donors (Lipinski definition) is 0. The molecule has 6 rings (SSSR count). The van der Waals surface area contributed by atoms with Crippen molar-refractivity contribution in [2.45, 2.75) is 53.6 Å². The van der Waals surface area contributed by atoms with E-state index >= 15 is 0 Å². The molecule has 0 aliphatic carbocycles. The topological polar surface area (TPSA) is 84.5 Å². The van der Waals surface area contributed by atoms with Crippen molar-refractivity contribution >= 4 is 23.0 Å². The maximum absolute atomic E-state index is 13.0. The Labute approximate surface area is 197 Å². The summed E-state index contributed by atoms with van der Waals surface area (Å²) in [6, 6.07) is 4.31. The van der Waals surface area contributed by atoms with Crippen LogP contribution in [-0.4, -0.2) is 42.5 Å². The molecule has 174 valence electrons. The summed E-state index contributed by atoms with van der Waals surface area (Å²) in [6.07, 6.45) is 5.74. The summed E-state index contributed by atoms with van der Waals surface area (Å²) in [5, 5.41) is 9.23. The summed E-state index contributed by atoms with van der Waals surface area (Å²) in [5.41, 5.74) is 7.40. The molecular weight excluding hydrogens is 428 g/mol. The lowest BCUT2D eigenvalue weighted by Crippen LogP contribution is -2.34. The quantitative estimate of drug-likeness (QED) is 0.458. The van der Waals surface area contributed by atoms with E-state index in [9.17, 15) is 4.79 Å². The van der Waals surface area contributed by atoms with Gasteiger partial charge in [0, 0.05) is 66.7 Å². The summed E-state index contributed by atoms with van der Waals surface area (Å²) < 4.78 is 3.52. The van der Waals surface area contributed by atoms with Gasteiger partial charge in [-0.3, -0.25) is 9.78 Å². The average Bonchev–Trinajstić information content (AvgIpc) is 3.34. The second-order valence-corrected chi connectivity index (χ2v) is 9.33. The van der Waals surface area contributed by atoms with E-state index in [0.717, 1.165) is 72.3 Å². The van der Waals surface area contributed by atoms with Gasteiger partial charge in [0.1, 0.15) is 5.82 Å². The Balaban J connectivity index is 1.39. The van der Waals surface area contributed by atoms with Crippen LogP contribution in [0, 0.1) is 27.7 Å². The van der Waals surface area contributed by atoms with Gasteiger partial charge in [-0.15, -0.1) is 5.10 Å². The van der Waals surface area contributed by atoms with Gasteiger partial charge in [0.25, 0.3) is 5.56 Å². The summed E-state index contributed by atoms with van der Waals surface area (Å²) in [5.74, 6) is 1.95. The summed E-state index contributed by atoms with van der Waals surface area (Å²) in [4.78, 5) is 27.0. The molecule has 0 aromatic carbocycles. The minimum Gasteiger partial charge on any atom is -0.350 e. The molecule has 0 fully saturated rings. The fourth-order valence-electron chi connectivity index (χ4n) is 5.06. The number of aromatic nitrogens is 6. The highest BCUT2D eigenvalue weighted by molar-refractivity contribution is 5.63. The molecule has 4 aromatic rings. The minimum atomic E-state index is -0.102. The predicted molar refractivity (Wildman–Crippen MR) is 131 cm³/mol. The van der Waals surface area contributed by atoms with Crippen LogP contribution < -0.4 is 15.4 Å². The van der Waals surface area contributed by atoms with E-state index < -0.39 is 0 Å². The third-order valence-electron chi connectivity index (χ3n) is 7.32. The van der Waals surface area contributed by atoms with Crippen LogP contribution in [0.5, 0.6) is 0 Å². The normalized spacial score (nSPS) is 15.5. The Hall–Kier alpha value is -3.75. The van der Waals surface area contributed by atoms with Gasteiger partial charge in [-0.05, 0) is 45.7 Å². The minimum absolute atomic E-state index is 0.102. The maximum Gasteiger partial charge on any atom is 0.277 e. The predicted octanol–water partition coefficient (Wildman–Crippen LogP) is 3.02. The Bertz CT molecular complexity index is 1500. The monoisotopic (exact) mass is 456 g/mol. The van der Waals surface area contributed by atoms with Crippen molar-refractivity contribution in [3.8, 4) is 0 Å². The Kier molecular flexibility index (Phi) is 4.68. The molecule has 4 aromatic heterocycles. The molecule has 0 radical (unpaired) electrons. The summed E-state index contributed by atoms with van der Waals surface area (Å²) in [7, 11) is 0. The van der Waals surface area contributed by atoms with E-state index in [4.69, 9.17) is 10.1 Å². The molecular formula is C25H28N8O. The van der Waals surface area contributed by atoms with Crippen molar-refractivity contribution in [2.75, 3.05) is 22.9 Å². The molecule has 0 amide bonds. The zero-order chi connectivity index (χ0) is 23.6. The number of hydrogen-bond acceptors (Lipinski definition) is 7. The van der Waals surface area contributed by atoms with Gasteiger partial charge < -0.3 is 9.80 Å². The average molecular weight is 457 g/mol. The second-order valence-electron chi connectivity index (χ2n) is 9.33. The van der Waals surface area contributed by atoms with Gasteiger partial charge in [0.05, 0.1) is 18.1 Å². The SMILES string of the molecule is Cc1nc2c(C)c(C)c(N3CCc4ncc(N5CCCn6nccc65)cc4C3)nn2c(=O)c1C. The van der Waals surface area contributed by atoms with Crippen molar-refractivity contribution in [1.82, 2.24) is 29.4 Å². The van der Waals surface area contributed by atoms with Crippen molar-refractivity contribution in [3.05, 3.63) is 68.5 Å². The summed E-state index contributed by atoms with van der Waals surface area (Å²) in [6.45, 7) is 11.2. The largest absolute Gasteiger partial charge is 0.350 e. The fraction of sp³-hybridized carbons (Fsp3) is 0.400. The maximum atomic E-state index is 13.0. The molecule has 34 heavy (non-hydrogen) atoms. The number of anilines is 3. The highest BCUT2D eigenvalue weighted by Gasteiger charge is 2.25. The van der Waals surface area contributed by atoms with Gasteiger partial charge in [0.2, 0.25) is 0 Å². The van der Waals surface area contributed by atoms with E-state index in [2.05, 4.69) is 43.6 Å². The Morgan fingerprint density at radius 1 is 1.00 bits per heavy atom. The van der Waals surface area contributed by atoms with E-state index in [1.54, 1.807) is 0 Å². The molecule has 6 heterocycles. The standard InChI is InChI=1S/C25H28N8O/c1-15-16(2)24(29-33-23(15)28-18(4)17(3)25(33)34)30-11-7-21-19(14-30)12-20(13-26-21)31-9-5-10-32-22(31)6-8-27-32/h6,8,12-13H,5,7,9-11,14H2,1-4H3. The molecule has 2 aliphatic rings. The van der Waals surface area contributed by atoms with Gasteiger partial charge >= 0.3 is 0 Å². The summed E-state index contributed by atoms with van der Waals surface area (Å²) >= 11 is 0. The third-order valence-corrected chi connectivity index (χ3v) is 7.32. The molecule has 0 saturated carbocycles. The second kappa shape index (κ2) is 7.65. The first-order valence-electron chi connectivity index (χ1n) is 11.8. The van der Waals surface area contributed by atoms with Crippen LogP contribution in [0.4, 0.5) is 17.3 Å². The molecule has 0 bridgehead atoms. The first-order chi connectivity index (χ1) is 16.4. The molecule has 0 N–H and O–H groups in total. The number of pyridine rings is 1. The van der Waals surface area contributed by atoms with Crippen LogP contribution >= 0.6 is 0 Å². The van der Waals surface area contributed by atoms with E-state index in [1.165, 1.54) is 10.1 Å². The lowest BCUT2D eigenvalue weighted by molar-refractivity contribution is 0.541. The van der Waals surface area contributed by atoms with Crippen LogP contribution in [0.2, 0.25) is 0 Å². The van der Waals surface area contributed by atoms with Crippen molar-refractivity contribution < 1.29 is 0 Å². The van der Waals surface area contributed by atoms with Crippen LogP contribution in [-0.2, 0) is 19.5 Å². The molecule has 9 nitrogen and oxygen atoms in total. The van der Waals surface area contributed by atoms with Gasteiger partial charge in [-0.2, -0.15) is 9.61 Å². The van der Waals surface area contributed by atoms with E-state index in [0.29, 0.717) is 17.8 Å². The van der Waals surface area contributed by atoms with Crippen LogP contribution in [0.3, 0.4) is 0 Å². The lowest BCUT2D eigenvalue weighted by Gasteiger charge is -2.33. The van der Waals surface area contributed by atoms with Crippen LogP contribution in [0.1, 0.15) is 40.1 Å². The number of nitrogens with zero attached hydrogens (tertiary/aromatic N) is 8. The molecule has 0 saturated heterocycles. The van der Waals surface area contributed by atoms with Crippen molar-refractivity contribution in [2.24, 2.45) is 0 Å². The number of fused-ring (bicyclic) bond motifs is 3. The number of aryl methyl sites for hydroxylation is 3. The van der Waals surface area contributed by atoms with Crippen molar-refractivity contribution in [1.29, 1.82) is 0 Å². The van der Waals surface area contributed by atoms with Gasteiger partial charge in [0.15, 0.2) is 11.5 Å². The fourth-order valence-corrected chi connectivity index (χ4v) is 5.06. The molecule has 0 atom stereocenters. The molecule has 9 heteroatoms. The van der Waals surface area contributed by atoms with E-state index in [1.807, 2.05) is 33.2 Å². The number of rotatable bonds is 2. The smallest absolute Gasteiger partial charge is 0.277 e. The highest BCUT2D eigenvalue weighted by atomic mass is 16.1. The highest BCUT2D eigenvalue weighted by Crippen LogP contribution is 2.32. The van der Waals surface area contributed by atoms with Gasteiger partial charge in [-0.25, -0.2) is 9.67 Å². The van der Waals surface area contributed by atoms with Crippen molar-refractivity contribution in [3.63, 3.8) is 0 Å². The molecule has 2 aliphatic heterocycles. The van der Waals surface area contributed by atoms with E-state index in [-0.39, 0.29) is 5.56 Å². The Morgan fingerprint density at radius 3 is 2.71 bits per heavy atom. The van der Waals surface area contributed by atoms with Crippen LogP contribution in [0.15, 0.2) is 29.3 Å². The first-order valence-corrected chi connectivity index (χ1v) is 11.8. The zero-order valence-electron chi connectivity index (χ0n) is 20.0. The molecule has 0 spiro atoms. The third kappa shape index (κ3) is 3.10.